The first-order chi connectivity index (χ1) is 7.50. The van der Waals surface area contributed by atoms with E-state index in [0.717, 1.165) is 0 Å². The Labute approximate surface area is 90.6 Å². The van der Waals surface area contributed by atoms with Crippen molar-refractivity contribution in [2.75, 3.05) is 10.6 Å². The zero-order valence-electron chi connectivity index (χ0n) is 7.95. The molecule has 7 nitrogen and oxygen atoms in total. The molecule has 4 N–H and O–H groups in total. The maximum atomic E-state index is 11.1. The number of carbonyl (C=O) groups is 2. The van der Waals surface area contributed by atoms with Gasteiger partial charge < -0.3 is 20.4 Å². The van der Waals surface area contributed by atoms with Gasteiger partial charge in [0.05, 0.1) is 16.7 Å². The highest BCUT2D eigenvalue weighted by atomic mass is 31.2. The third kappa shape index (κ3) is 2.66. The minimum absolute atomic E-state index is 0.113. The van der Waals surface area contributed by atoms with E-state index in [1.165, 1.54) is 18.2 Å². The van der Waals surface area contributed by atoms with E-state index in [2.05, 4.69) is 10.6 Å². The van der Waals surface area contributed by atoms with Crippen LogP contribution in [0, 0.1) is 0 Å². The lowest BCUT2D eigenvalue weighted by molar-refractivity contribution is -0.106. The predicted octanol–water partition coefficient (Wildman–Crippen LogP) is -0.374. The molecule has 16 heavy (non-hydrogen) atoms. The summed E-state index contributed by atoms with van der Waals surface area (Å²) in [5.74, 6) is 0. The van der Waals surface area contributed by atoms with E-state index >= 15 is 0 Å². The molecule has 0 spiro atoms. The van der Waals surface area contributed by atoms with Crippen molar-refractivity contribution in [1.82, 2.24) is 0 Å². The first-order valence-electron chi connectivity index (χ1n) is 4.10. The zero-order valence-corrected chi connectivity index (χ0v) is 8.85. The maximum Gasteiger partial charge on any atom is 0.358 e. The van der Waals surface area contributed by atoms with Gasteiger partial charge in [-0.25, -0.2) is 0 Å². The number of hydrogen-bond acceptors (Lipinski definition) is 3. The molecule has 0 bridgehead atoms. The molecule has 1 aromatic carbocycles. The van der Waals surface area contributed by atoms with Gasteiger partial charge in [0.2, 0.25) is 12.8 Å². The molecule has 0 aliphatic rings. The molecule has 1 rings (SSSR count). The first-order valence-corrected chi connectivity index (χ1v) is 5.71. The fourth-order valence-electron chi connectivity index (χ4n) is 1.18. The molecule has 86 valence electrons. The third-order valence-electron chi connectivity index (χ3n) is 1.77. The molecular weight excluding hydrogens is 235 g/mol. The van der Waals surface area contributed by atoms with E-state index in [1.807, 2.05) is 0 Å². The predicted molar refractivity (Wildman–Crippen MR) is 57.5 cm³/mol. The van der Waals surface area contributed by atoms with Gasteiger partial charge in [0, 0.05) is 0 Å². The summed E-state index contributed by atoms with van der Waals surface area (Å²) in [6, 6.07) is 3.93. The largest absolute Gasteiger partial charge is 0.358 e. The van der Waals surface area contributed by atoms with Crippen LogP contribution in [0.15, 0.2) is 18.2 Å². The summed E-state index contributed by atoms with van der Waals surface area (Å²) in [5.41, 5.74) is 0.000795. The number of carbonyl (C=O) groups excluding carboxylic acids is 2. The standard InChI is InChI=1S/C8H9N2O5P/c11-4-9-6-2-1-3-7(16(13,14)15)8(6)10-5-12/h1-5H,(H,9,11)(H,10,12)(H2,13,14,15). The van der Waals surface area contributed by atoms with Crippen molar-refractivity contribution >= 4 is 37.1 Å². The second kappa shape index (κ2) is 4.89. The van der Waals surface area contributed by atoms with Gasteiger partial charge in [-0.1, -0.05) is 6.07 Å². The number of nitrogens with one attached hydrogen (secondary N) is 2. The molecule has 0 fully saturated rings. The lowest BCUT2D eigenvalue weighted by Crippen LogP contribution is -2.14. The van der Waals surface area contributed by atoms with Crippen LogP contribution in [-0.4, -0.2) is 22.6 Å². The van der Waals surface area contributed by atoms with Crippen LogP contribution in [0.1, 0.15) is 0 Å². The average Bonchev–Trinajstić information content (AvgIpc) is 2.19. The summed E-state index contributed by atoms with van der Waals surface area (Å²) in [4.78, 5) is 38.7. The van der Waals surface area contributed by atoms with Gasteiger partial charge >= 0.3 is 7.60 Å². The summed E-state index contributed by atoms with van der Waals surface area (Å²) in [6.45, 7) is 0. The van der Waals surface area contributed by atoms with Crippen molar-refractivity contribution in [3.63, 3.8) is 0 Å². The van der Waals surface area contributed by atoms with Crippen molar-refractivity contribution in [1.29, 1.82) is 0 Å². The molecule has 8 heteroatoms. The quantitative estimate of drug-likeness (QED) is 0.416. The van der Waals surface area contributed by atoms with Crippen LogP contribution >= 0.6 is 7.60 Å². The van der Waals surface area contributed by atoms with Crippen LogP contribution in [0.3, 0.4) is 0 Å². The Bertz CT molecular complexity index is 456. The average molecular weight is 244 g/mol. The summed E-state index contributed by atoms with van der Waals surface area (Å²) in [5, 5.41) is 4.01. The summed E-state index contributed by atoms with van der Waals surface area (Å²) in [6.07, 6.45) is 0.610. The lowest BCUT2D eigenvalue weighted by atomic mass is 10.2. The Hall–Kier alpha value is -1.69. The van der Waals surface area contributed by atoms with Gasteiger partial charge in [0.1, 0.15) is 0 Å². The second-order valence-corrected chi connectivity index (χ2v) is 4.34. The molecule has 0 heterocycles. The normalized spacial score (nSPS) is 10.6. The van der Waals surface area contributed by atoms with Gasteiger partial charge in [0.15, 0.2) is 0 Å². The summed E-state index contributed by atoms with van der Waals surface area (Å²) < 4.78 is 11.1. The van der Waals surface area contributed by atoms with Crippen LogP contribution in [-0.2, 0) is 14.2 Å². The van der Waals surface area contributed by atoms with Gasteiger partial charge in [-0.3, -0.25) is 14.2 Å². The number of rotatable bonds is 5. The SMILES string of the molecule is O=CNc1cccc(P(=O)(O)O)c1NC=O. The van der Waals surface area contributed by atoms with Gasteiger partial charge in [-0.05, 0) is 12.1 Å². The van der Waals surface area contributed by atoms with Gasteiger partial charge in [-0.15, -0.1) is 0 Å². The Kier molecular flexibility index (Phi) is 3.78. The summed E-state index contributed by atoms with van der Waals surface area (Å²) in [7, 11) is -4.51. The van der Waals surface area contributed by atoms with Crippen molar-refractivity contribution in [2.24, 2.45) is 0 Å². The molecule has 0 aromatic heterocycles. The van der Waals surface area contributed by atoms with E-state index in [1.54, 1.807) is 0 Å². The van der Waals surface area contributed by atoms with Crippen LogP contribution in [0.2, 0.25) is 0 Å². The molecule has 0 aliphatic heterocycles. The van der Waals surface area contributed by atoms with Crippen LogP contribution in [0.5, 0.6) is 0 Å². The molecular formula is C8H9N2O5P. The fourth-order valence-corrected chi connectivity index (χ4v) is 1.93. The Morgan fingerprint density at radius 2 is 1.75 bits per heavy atom. The highest BCUT2D eigenvalue weighted by Crippen LogP contribution is 2.38. The van der Waals surface area contributed by atoms with Crippen molar-refractivity contribution in [3.8, 4) is 0 Å². The Morgan fingerprint density at radius 3 is 2.25 bits per heavy atom. The van der Waals surface area contributed by atoms with E-state index in [0.29, 0.717) is 6.41 Å². The van der Waals surface area contributed by atoms with Crippen LogP contribution < -0.4 is 15.9 Å². The lowest BCUT2D eigenvalue weighted by Gasteiger charge is -2.13. The highest BCUT2D eigenvalue weighted by Gasteiger charge is 2.23. The molecule has 0 saturated carbocycles. The third-order valence-corrected chi connectivity index (χ3v) is 2.77. The van der Waals surface area contributed by atoms with E-state index < -0.39 is 7.60 Å². The Balaban J connectivity index is 3.37. The molecule has 1 aromatic rings. The van der Waals surface area contributed by atoms with E-state index in [4.69, 9.17) is 9.79 Å². The Morgan fingerprint density at radius 1 is 1.12 bits per heavy atom. The second-order valence-electron chi connectivity index (χ2n) is 2.77. The minimum Gasteiger partial charge on any atom is -0.327 e. The molecule has 0 atom stereocenters. The topological polar surface area (TPSA) is 116 Å². The van der Waals surface area contributed by atoms with Gasteiger partial charge in [-0.2, -0.15) is 0 Å². The smallest absolute Gasteiger partial charge is 0.327 e. The molecule has 0 aliphatic carbocycles. The first kappa shape index (κ1) is 12.4. The highest BCUT2D eigenvalue weighted by molar-refractivity contribution is 7.60. The zero-order chi connectivity index (χ0) is 12.2. The van der Waals surface area contributed by atoms with Crippen LogP contribution in [0.25, 0.3) is 0 Å². The molecule has 0 unspecified atom stereocenters. The number of amides is 2. The van der Waals surface area contributed by atoms with E-state index in [9.17, 15) is 14.2 Å². The van der Waals surface area contributed by atoms with Crippen molar-refractivity contribution in [3.05, 3.63) is 18.2 Å². The summed E-state index contributed by atoms with van der Waals surface area (Å²) >= 11 is 0. The van der Waals surface area contributed by atoms with Gasteiger partial charge in [0.25, 0.3) is 0 Å². The number of anilines is 2. The molecule has 0 radical (unpaired) electrons. The van der Waals surface area contributed by atoms with Crippen molar-refractivity contribution in [2.45, 2.75) is 0 Å². The molecule has 2 amide bonds. The van der Waals surface area contributed by atoms with Crippen molar-refractivity contribution < 1.29 is 23.9 Å². The monoisotopic (exact) mass is 244 g/mol. The van der Waals surface area contributed by atoms with E-state index in [-0.39, 0.29) is 23.1 Å². The minimum atomic E-state index is -4.51. The maximum absolute atomic E-state index is 11.1. The number of benzene rings is 1. The van der Waals surface area contributed by atoms with Crippen LogP contribution in [0.4, 0.5) is 11.4 Å². The molecule has 0 saturated heterocycles. The number of hydrogen-bond donors (Lipinski definition) is 4. The fraction of sp³-hybridized carbons (Fsp3) is 0. The number of para-hydroxylation sites is 1.